The largest absolute Gasteiger partial charge is 0.394 e. The third-order valence-electron chi connectivity index (χ3n) is 2.63. The number of pyridine rings is 1. The Morgan fingerprint density at radius 2 is 2.12 bits per heavy atom. The molecule has 1 aromatic carbocycles. The van der Waals surface area contributed by atoms with Gasteiger partial charge in [0.25, 0.3) is 0 Å². The van der Waals surface area contributed by atoms with Gasteiger partial charge in [0.15, 0.2) is 0 Å². The summed E-state index contributed by atoms with van der Waals surface area (Å²) in [6.07, 6.45) is -0.761. The van der Waals surface area contributed by atoms with Crippen molar-refractivity contribution in [3.05, 3.63) is 35.9 Å². The molecule has 0 aliphatic rings. The van der Waals surface area contributed by atoms with Crippen LogP contribution in [-0.2, 0) is 0 Å². The van der Waals surface area contributed by atoms with E-state index >= 15 is 0 Å². The van der Waals surface area contributed by atoms with Crippen molar-refractivity contribution in [3.63, 3.8) is 0 Å². The molecule has 0 fully saturated rings. The number of aromatic nitrogens is 1. The topological polar surface area (TPSA) is 65.4 Å². The van der Waals surface area contributed by atoms with Crippen LogP contribution in [0.2, 0.25) is 0 Å². The Bertz CT molecular complexity index is 514. The number of aryl methyl sites for hydroxylation is 1. The minimum atomic E-state index is -0.761. The Morgan fingerprint density at radius 3 is 2.88 bits per heavy atom. The van der Waals surface area contributed by atoms with E-state index in [4.69, 9.17) is 5.11 Å². The first-order valence-electron chi connectivity index (χ1n) is 5.60. The molecule has 0 saturated heterocycles. The summed E-state index contributed by atoms with van der Waals surface area (Å²) in [7, 11) is 0. The summed E-state index contributed by atoms with van der Waals surface area (Å²) in [5.41, 5.74) is 1.94. The molecule has 0 bridgehead atoms. The highest BCUT2D eigenvalue weighted by Gasteiger charge is 2.05. The van der Waals surface area contributed by atoms with Gasteiger partial charge < -0.3 is 15.5 Å². The predicted octanol–water partition coefficient (Wildman–Crippen LogP) is 1.31. The number of hydrogen-bond donors (Lipinski definition) is 3. The summed E-state index contributed by atoms with van der Waals surface area (Å²) in [5.74, 6) is 0.746. The zero-order valence-electron chi connectivity index (χ0n) is 9.72. The predicted molar refractivity (Wildman–Crippen MR) is 68.1 cm³/mol. The lowest BCUT2D eigenvalue weighted by atomic mass is 10.1. The highest BCUT2D eigenvalue weighted by Crippen LogP contribution is 2.19. The van der Waals surface area contributed by atoms with Gasteiger partial charge in [0.2, 0.25) is 0 Å². The average Bonchev–Trinajstić information content (AvgIpc) is 2.35. The first-order chi connectivity index (χ1) is 8.20. The van der Waals surface area contributed by atoms with Crippen molar-refractivity contribution in [3.8, 4) is 0 Å². The number of para-hydroxylation sites is 1. The molecule has 17 heavy (non-hydrogen) atoms. The Kier molecular flexibility index (Phi) is 3.56. The van der Waals surface area contributed by atoms with Crippen molar-refractivity contribution in [2.75, 3.05) is 18.5 Å². The molecule has 4 nitrogen and oxygen atoms in total. The molecule has 1 atom stereocenters. The van der Waals surface area contributed by atoms with Gasteiger partial charge in [-0.05, 0) is 24.6 Å². The van der Waals surface area contributed by atoms with Gasteiger partial charge in [-0.3, -0.25) is 0 Å². The third-order valence-corrected chi connectivity index (χ3v) is 2.63. The van der Waals surface area contributed by atoms with Gasteiger partial charge in [-0.2, -0.15) is 0 Å². The maximum atomic E-state index is 9.28. The molecule has 0 radical (unpaired) electrons. The Balaban J connectivity index is 2.25. The van der Waals surface area contributed by atoms with Gasteiger partial charge in [0.1, 0.15) is 5.82 Å². The van der Waals surface area contributed by atoms with E-state index in [0.29, 0.717) is 6.54 Å². The van der Waals surface area contributed by atoms with E-state index < -0.39 is 6.10 Å². The smallest absolute Gasteiger partial charge is 0.129 e. The Labute approximate surface area is 99.9 Å². The third kappa shape index (κ3) is 2.72. The maximum absolute atomic E-state index is 9.28. The number of nitrogens with zero attached hydrogens (tertiary/aromatic N) is 1. The van der Waals surface area contributed by atoms with Crippen molar-refractivity contribution in [2.45, 2.75) is 13.0 Å². The first kappa shape index (κ1) is 11.8. The molecular formula is C13H16N2O2. The zero-order chi connectivity index (χ0) is 12.3. The molecule has 3 N–H and O–H groups in total. The summed E-state index contributed by atoms with van der Waals surface area (Å²) in [6, 6.07) is 9.93. The number of aliphatic hydroxyl groups is 2. The van der Waals surface area contributed by atoms with Crippen molar-refractivity contribution >= 4 is 16.7 Å². The number of nitrogens with one attached hydrogen (secondary N) is 1. The van der Waals surface area contributed by atoms with Crippen molar-refractivity contribution in [2.24, 2.45) is 0 Å². The summed E-state index contributed by atoms with van der Waals surface area (Å²) in [5, 5.41) is 22.2. The molecule has 1 heterocycles. The van der Waals surface area contributed by atoms with Crippen LogP contribution in [0.15, 0.2) is 30.3 Å². The summed E-state index contributed by atoms with van der Waals surface area (Å²) in [4.78, 5) is 4.48. The molecule has 0 spiro atoms. The van der Waals surface area contributed by atoms with Crippen LogP contribution >= 0.6 is 0 Å². The second kappa shape index (κ2) is 5.12. The Hall–Kier alpha value is -1.65. The van der Waals surface area contributed by atoms with E-state index in [2.05, 4.69) is 16.4 Å². The average molecular weight is 232 g/mol. The minimum Gasteiger partial charge on any atom is -0.394 e. The number of aliphatic hydroxyl groups excluding tert-OH is 2. The second-order valence-electron chi connectivity index (χ2n) is 4.06. The van der Waals surface area contributed by atoms with Gasteiger partial charge in [-0.15, -0.1) is 0 Å². The fraction of sp³-hybridized carbons (Fsp3) is 0.308. The van der Waals surface area contributed by atoms with Gasteiger partial charge in [-0.25, -0.2) is 4.98 Å². The maximum Gasteiger partial charge on any atom is 0.129 e. The van der Waals surface area contributed by atoms with Crippen LogP contribution in [0.1, 0.15) is 5.56 Å². The molecule has 90 valence electrons. The minimum absolute atomic E-state index is 0.250. The lowest BCUT2D eigenvalue weighted by Gasteiger charge is -2.12. The lowest BCUT2D eigenvalue weighted by molar-refractivity contribution is 0.105. The standard InChI is InChI=1S/C13H16N2O2/c1-9-6-10-4-2-3-5-12(10)15-13(9)14-7-11(17)8-16/h2-6,11,16-17H,7-8H2,1H3,(H,14,15). The summed E-state index contributed by atoms with van der Waals surface area (Å²) in [6.45, 7) is 2.01. The first-order valence-corrected chi connectivity index (χ1v) is 5.60. The summed E-state index contributed by atoms with van der Waals surface area (Å²) >= 11 is 0. The van der Waals surface area contributed by atoms with E-state index in [-0.39, 0.29) is 6.61 Å². The second-order valence-corrected chi connectivity index (χ2v) is 4.06. The molecule has 1 aromatic heterocycles. The number of fused-ring (bicyclic) bond motifs is 1. The molecular weight excluding hydrogens is 216 g/mol. The summed E-state index contributed by atoms with van der Waals surface area (Å²) < 4.78 is 0. The van der Waals surface area contributed by atoms with Crippen LogP contribution in [0.4, 0.5) is 5.82 Å². The van der Waals surface area contributed by atoms with E-state index in [0.717, 1.165) is 22.3 Å². The van der Waals surface area contributed by atoms with Crippen molar-refractivity contribution in [1.29, 1.82) is 0 Å². The highest BCUT2D eigenvalue weighted by atomic mass is 16.3. The van der Waals surface area contributed by atoms with Gasteiger partial charge in [0, 0.05) is 11.9 Å². The molecule has 0 aliphatic heterocycles. The van der Waals surface area contributed by atoms with Crippen LogP contribution < -0.4 is 5.32 Å². The van der Waals surface area contributed by atoms with Crippen LogP contribution in [0.3, 0.4) is 0 Å². The molecule has 0 amide bonds. The van der Waals surface area contributed by atoms with Crippen LogP contribution in [-0.4, -0.2) is 34.5 Å². The molecule has 0 saturated carbocycles. The van der Waals surface area contributed by atoms with Crippen LogP contribution in [0, 0.1) is 6.92 Å². The Morgan fingerprint density at radius 1 is 1.35 bits per heavy atom. The number of hydrogen-bond acceptors (Lipinski definition) is 4. The van der Waals surface area contributed by atoms with E-state index in [1.54, 1.807) is 0 Å². The number of rotatable bonds is 4. The SMILES string of the molecule is Cc1cc2ccccc2nc1NCC(O)CO. The zero-order valence-corrected chi connectivity index (χ0v) is 9.72. The van der Waals surface area contributed by atoms with E-state index in [9.17, 15) is 5.11 Å². The van der Waals surface area contributed by atoms with Gasteiger partial charge >= 0.3 is 0 Å². The van der Waals surface area contributed by atoms with Crippen LogP contribution in [0.5, 0.6) is 0 Å². The molecule has 2 aromatic rings. The molecule has 4 heteroatoms. The van der Waals surface area contributed by atoms with Gasteiger partial charge in [0.05, 0.1) is 18.2 Å². The normalized spacial score (nSPS) is 12.6. The fourth-order valence-corrected chi connectivity index (χ4v) is 1.68. The number of benzene rings is 1. The monoisotopic (exact) mass is 232 g/mol. The lowest BCUT2D eigenvalue weighted by Crippen LogP contribution is -2.23. The van der Waals surface area contributed by atoms with Crippen molar-refractivity contribution < 1.29 is 10.2 Å². The van der Waals surface area contributed by atoms with E-state index in [1.165, 1.54) is 0 Å². The molecule has 1 unspecified atom stereocenters. The quantitative estimate of drug-likeness (QED) is 0.743. The molecule has 0 aliphatic carbocycles. The van der Waals surface area contributed by atoms with Crippen LogP contribution in [0.25, 0.3) is 10.9 Å². The van der Waals surface area contributed by atoms with Gasteiger partial charge in [-0.1, -0.05) is 18.2 Å². The number of anilines is 1. The molecule has 2 rings (SSSR count). The van der Waals surface area contributed by atoms with Crippen molar-refractivity contribution in [1.82, 2.24) is 4.98 Å². The van der Waals surface area contributed by atoms with E-state index in [1.807, 2.05) is 31.2 Å². The highest BCUT2D eigenvalue weighted by molar-refractivity contribution is 5.81. The fourth-order valence-electron chi connectivity index (χ4n) is 1.68.